The Labute approximate surface area is 152 Å². The van der Waals surface area contributed by atoms with Gasteiger partial charge in [-0.1, -0.05) is 12.8 Å². The molecule has 7 heteroatoms. The fourth-order valence-electron chi connectivity index (χ4n) is 3.96. The number of nitrogens with zero attached hydrogens (tertiary/aromatic N) is 3. The number of ether oxygens (including phenoxy) is 2. The van der Waals surface area contributed by atoms with Crippen LogP contribution in [0.2, 0.25) is 0 Å². The number of aromatic hydroxyl groups is 1. The van der Waals surface area contributed by atoms with Crippen molar-refractivity contribution in [3.05, 3.63) is 35.9 Å². The van der Waals surface area contributed by atoms with Crippen LogP contribution in [0.4, 0.5) is 0 Å². The number of rotatable bonds is 6. The highest BCUT2D eigenvalue weighted by atomic mass is 16.5. The van der Waals surface area contributed by atoms with Gasteiger partial charge >= 0.3 is 0 Å². The van der Waals surface area contributed by atoms with E-state index in [0.29, 0.717) is 36.5 Å². The topological polar surface area (TPSA) is 86.5 Å². The maximum absolute atomic E-state index is 11.2. The second-order valence-corrected chi connectivity index (χ2v) is 7.04. The van der Waals surface area contributed by atoms with Crippen molar-refractivity contribution in [2.24, 2.45) is 5.92 Å². The Bertz CT molecular complexity index is 772. The van der Waals surface area contributed by atoms with E-state index in [1.807, 2.05) is 6.20 Å². The van der Waals surface area contributed by atoms with Crippen LogP contribution in [-0.2, 0) is 4.74 Å². The number of pyridine rings is 1. The van der Waals surface area contributed by atoms with E-state index in [2.05, 4.69) is 20.8 Å². The van der Waals surface area contributed by atoms with Gasteiger partial charge in [0.2, 0.25) is 0 Å². The van der Waals surface area contributed by atoms with E-state index in [1.54, 1.807) is 0 Å². The Kier molecular flexibility index (Phi) is 4.88. The Morgan fingerprint density at radius 3 is 2.92 bits per heavy atom. The molecule has 2 unspecified atom stereocenters. The molecule has 2 atom stereocenters. The number of carbonyl (C=O) groups excluding carboxylic acids is 1. The molecule has 1 aliphatic heterocycles. The first kappa shape index (κ1) is 17.0. The maximum atomic E-state index is 11.2. The van der Waals surface area contributed by atoms with Crippen LogP contribution in [0, 0.1) is 5.92 Å². The van der Waals surface area contributed by atoms with Gasteiger partial charge in [0, 0.05) is 23.7 Å². The first-order valence-electron chi connectivity index (χ1n) is 9.14. The minimum absolute atomic E-state index is 0.152. The zero-order valence-corrected chi connectivity index (χ0v) is 14.6. The standard InChI is InChI=1S/C19H23N3O4/c23-9-16-18(24)7-20-8-19(16)26-10-13-3-1-2-4-15(13)17-5-6-21-22(17)14-11-25-12-14/h5-9,13-15,24H,1-4,10-12H2. The molecule has 0 amide bonds. The van der Waals surface area contributed by atoms with Crippen molar-refractivity contribution in [1.29, 1.82) is 0 Å². The summed E-state index contributed by atoms with van der Waals surface area (Å²) in [5.74, 6) is 0.893. The zero-order chi connectivity index (χ0) is 17.9. The average molecular weight is 357 g/mol. The third kappa shape index (κ3) is 3.19. The van der Waals surface area contributed by atoms with Crippen LogP contribution in [0.25, 0.3) is 0 Å². The van der Waals surface area contributed by atoms with Crippen LogP contribution >= 0.6 is 0 Å². The van der Waals surface area contributed by atoms with Crippen LogP contribution < -0.4 is 4.74 Å². The molecular formula is C19H23N3O4. The molecule has 2 aromatic rings. The van der Waals surface area contributed by atoms with Crippen molar-refractivity contribution in [3.8, 4) is 11.5 Å². The molecule has 2 fully saturated rings. The van der Waals surface area contributed by atoms with Crippen LogP contribution in [0.1, 0.15) is 53.7 Å². The van der Waals surface area contributed by atoms with Crippen LogP contribution in [-0.4, -0.2) is 46.0 Å². The molecule has 7 nitrogen and oxygen atoms in total. The molecule has 26 heavy (non-hydrogen) atoms. The predicted molar refractivity (Wildman–Crippen MR) is 93.6 cm³/mol. The lowest BCUT2D eigenvalue weighted by Gasteiger charge is -2.35. The first-order valence-corrected chi connectivity index (χ1v) is 9.14. The normalized spacial score (nSPS) is 23.4. The lowest BCUT2D eigenvalue weighted by molar-refractivity contribution is -0.0310. The molecule has 2 aliphatic rings. The molecule has 0 radical (unpaired) electrons. The monoisotopic (exact) mass is 357 g/mol. The van der Waals surface area contributed by atoms with E-state index in [1.165, 1.54) is 30.9 Å². The molecule has 2 aromatic heterocycles. The number of hydrogen-bond acceptors (Lipinski definition) is 6. The van der Waals surface area contributed by atoms with E-state index in [9.17, 15) is 9.90 Å². The Morgan fingerprint density at radius 1 is 1.31 bits per heavy atom. The third-order valence-corrected chi connectivity index (χ3v) is 5.46. The van der Waals surface area contributed by atoms with Gasteiger partial charge in [-0.15, -0.1) is 0 Å². The second-order valence-electron chi connectivity index (χ2n) is 7.04. The minimum atomic E-state index is -0.152. The van der Waals surface area contributed by atoms with E-state index < -0.39 is 0 Å². The second kappa shape index (κ2) is 7.45. The van der Waals surface area contributed by atoms with Crippen molar-refractivity contribution in [2.45, 2.75) is 37.6 Å². The highest BCUT2D eigenvalue weighted by Crippen LogP contribution is 2.39. The Hall–Kier alpha value is -2.41. The first-order chi connectivity index (χ1) is 12.8. The van der Waals surface area contributed by atoms with Gasteiger partial charge in [0.05, 0.1) is 38.3 Å². The molecule has 1 aliphatic carbocycles. The lowest BCUT2D eigenvalue weighted by atomic mass is 9.77. The lowest BCUT2D eigenvalue weighted by Crippen LogP contribution is -2.34. The summed E-state index contributed by atoms with van der Waals surface area (Å²) in [7, 11) is 0. The van der Waals surface area contributed by atoms with Crippen LogP contribution in [0.3, 0.4) is 0 Å². The summed E-state index contributed by atoms with van der Waals surface area (Å²) in [6.45, 7) is 1.93. The van der Waals surface area contributed by atoms with E-state index in [-0.39, 0.29) is 11.3 Å². The van der Waals surface area contributed by atoms with Crippen LogP contribution in [0.15, 0.2) is 24.7 Å². The van der Waals surface area contributed by atoms with Crippen LogP contribution in [0.5, 0.6) is 11.5 Å². The minimum Gasteiger partial charge on any atom is -0.505 e. The molecule has 3 heterocycles. The van der Waals surface area contributed by atoms with Gasteiger partial charge in [-0.2, -0.15) is 5.10 Å². The van der Waals surface area contributed by atoms with Gasteiger partial charge in [0.25, 0.3) is 0 Å². The molecule has 0 aromatic carbocycles. The maximum Gasteiger partial charge on any atom is 0.157 e. The van der Waals surface area contributed by atoms with Crippen molar-refractivity contribution in [3.63, 3.8) is 0 Å². The summed E-state index contributed by atoms with van der Waals surface area (Å²) in [5.41, 5.74) is 1.40. The quantitative estimate of drug-likeness (QED) is 0.800. The molecule has 138 valence electrons. The van der Waals surface area contributed by atoms with Crippen molar-refractivity contribution in [1.82, 2.24) is 14.8 Å². The number of aldehydes is 1. The molecule has 1 N–H and O–H groups in total. The molecule has 1 saturated heterocycles. The van der Waals surface area contributed by atoms with Gasteiger partial charge in [0.15, 0.2) is 12.0 Å². The Balaban J connectivity index is 1.51. The Morgan fingerprint density at radius 2 is 2.15 bits per heavy atom. The van der Waals surface area contributed by atoms with E-state index in [4.69, 9.17) is 9.47 Å². The zero-order valence-electron chi connectivity index (χ0n) is 14.6. The van der Waals surface area contributed by atoms with Gasteiger partial charge in [0.1, 0.15) is 11.3 Å². The summed E-state index contributed by atoms with van der Waals surface area (Å²) in [4.78, 5) is 15.1. The van der Waals surface area contributed by atoms with Gasteiger partial charge < -0.3 is 14.6 Å². The molecule has 0 bridgehead atoms. The van der Waals surface area contributed by atoms with Crippen molar-refractivity contribution >= 4 is 6.29 Å². The van der Waals surface area contributed by atoms with Gasteiger partial charge in [-0.25, -0.2) is 0 Å². The summed E-state index contributed by atoms with van der Waals surface area (Å²) >= 11 is 0. The molecule has 0 spiro atoms. The summed E-state index contributed by atoms with van der Waals surface area (Å²) in [6, 6.07) is 2.44. The van der Waals surface area contributed by atoms with Gasteiger partial charge in [-0.05, 0) is 18.9 Å². The SMILES string of the molecule is O=Cc1c(O)cncc1OCC1CCCCC1c1ccnn1C1COC1. The fourth-order valence-corrected chi connectivity index (χ4v) is 3.96. The third-order valence-electron chi connectivity index (χ3n) is 5.46. The number of hydrogen-bond donors (Lipinski definition) is 1. The summed E-state index contributed by atoms with van der Waals surface area (Å²) < 4.78 is 13.3. The average Bonchev–Trinajstić information content (AvgIpc) is 3.07. The smallest absolute Gasteiger partial charge is 0.157 e. The van der Waals surface area contributed by atoms with E-state index >= 15 is 0 Å². The number of aromatic nitrogens is 3. The van der Waals surface area contributed by atoms with Crippen molar-refractivity contribution < 1.29 is 19.4 Å². The molecular weight excluding hydrogens is 334 g/mol. The van der Waals surface area contributed by atoms with Crippen molar-refractivity contribution in [2.75, 3.05) is 19.8 Å². The predicted octanol–water partition coefficient (Wildman–Crippen LogP) is 2.72. The summed E-state index contributed by atoms with van der Waals surface area (Å²) in [5, 5.41) is 14.3. The highest BCUT2D eigenvalue weighted by molar-refractivity contribution is 5.82. The van der Waals surface area contributed by atoms with E-state index in [0.717, 1.165) is 26.1 Å². The molecule has 1 saturated carbocycles. The fraction of sp³-hybridized carbons (Fsp3) is 0.526. The highest BCUT2D eigenvalue weighted by Gasteiger charge is 2.32. The van der Waals surface area contributed by atoms with Gasteiger partial charge in [-0.3, -0.25) is 14.5 Å². The molecule has 4 rings (SSSR count). The largest absolute Gasteiger partial charge is 0.505 e. The summed E-state index contributed by atoms with van der Waals surface area (Å²) in [6.07, 6.45) is 9.74. The number of carbonyl (C=O) groups is 1.